The molecule has 0 N–H and O–H groups in total. The van der Waals surface area contributed by atoms with E-state index in [1.165, 1.54) is 16.9 Å². The third kappa shape index (κ3) is 2.69. The van der Waals surface area contributed by atoms with Gasteiger partial charge in [-0.1, -0.05) is 41.7 Å². The highest BCUT2D eigenvalue weighted by Crippen LogP contribution is 2.24. The van der Waals surface area contributed by atoms with Crippen molar-refractivity contribution in [3.05, 3.63) is 58.4 Å². The molecule has 2 aromatic heterocycles. The van der Waals surface area contributed by atoms with Gasteiger partial charge in [0.1, 0.15) is 4.88 Å². The minimum atomic E-state index is -0.268. The summed E-state index contributed by atoms with van der Waals surface area (Å²) >= 11 is 1.38. The summed E-state index contributed by atoms with van der Waals surface area (Å²) in [5, 5.41) is 0. The normalized spacial score (nSPS) is 11.0. The minimum Gasteiger partial charge on any atom is -0.462 e. The molecule has 3 rings (SSSR count). The molecule has 2 heterocycles. The molecular weight excluding hydrogens is 284 g/mol. The first kappa shape index (κ1) is 13.8. The topological polar surface area (TPSA) is 43.6 Å². The van der Waals surface area contributed by atoms with Gasteiger partial charge in [0.25, 0.3) is 0 Å². The van der Waals surface area contributed by atoms with Gasteiger partial charge in [0.2, 0.25) is 0 Å². The Balaban J connectivity index is 1.90. The highest BCUT2D eigenvalue weighted by atomic mass is 32.1. The van der Waals surface area contributed by atoms with Crippen LogP contribution in [0.4, 0.5) is 0 Å². The zero-order valence-electron chi connectivity index (χ0n) is 12.0. The van der Waals surface area contributed by atoms with E-state index in [2.05, 4.69) is 17.1 Å². The summed E-state index contributed by atoms with van der Waals surface area (Å²) in [6.07, 6.45) is 2.79. The van der Waals surface area contributed by atoms with E-state index in [1.807, 2.05) is 42.6 Å². The van der Waals surface area contributed by atoms with Gasteiger partial charge in [-0.3, -0.25) is 4.40 Å². The highest BCUT2D eigenvalue weighted by molar-refractivity contribution is 7.19. The number of aromatic nitrogens is 2. The van der Waals surface area contributed by atoms with E-state index in [9.17, 15) is 4.79 Å². The fourth-order valence-electron chi connectivity index (χ4n) is 2.27. The van der Waals surface area contributed by atoms with E-state index in [0.29, 0.717) is 11.5 Å². The van der Waals surface area contributed by atoms with E-state index in [4.69, 9.17) is 4.74 Å². The molecule has 0 saturated carbocycles. The van der Waals surface area contributed by atoms with E-state index in [-0.39, 0.29) is 5.97 Å². The van der Waals surface area contributed by atoms with Gasteiger partial charge in [0, 0.05) is 18.3 Å². The van der Waals surface area contributed by atoms with Crippen LogP contribution in [0.1, 0.15) is 33.5 Å². The molecule has 0 unspecified atom stereocenters. The average Bonchev–Trinajstić information content (AvgIpc) is 3.00. The molecule has 0 aliphatic heterocycles. The lowest BCUT2D eigenvalue weighted by Gasteiger charge is -1.99. The number of carbonyl (C=O) groups is 1. The number of ether oxygens (including phenoxy) is 1. The molecular formula is C16H16N2O2S. The summed E-state index contributed by atoms with van der Waals surface area (Å²) in [5.41, 5.74) is 3.12. The maximum Gasteiger partial charge on any atom is 0.350 e. The Morgan fingerprint density at radius 1 is 1.33 bits per heavy atom. The second-order valence-electron chi connectivity index (χ2n) is 4.78. The Morgan fingerprint density at radius 2 is 2.10 bits per heavy atom. The Hall–Kier alpha value is -2.14. The molecule has 0 fully saturated rings. The van der Waals surface area contributed by atoms with Crippen molar-refractivity contribution in [2.75, 3.05) is 6.61 Å². The molecule has 3 aromatic rings. The number of imidazole rings is 1. The fraction of sp³-hybridized carbons (Fsp3) is 0.250. The van der Waals surface area contributed by atoms with Crippen LogP contribution in [-0.4, -0.2) is 22.0 Å². The van der Waals surface area contributed by atoms with Crippen LogP contribution in [-0.2, 0) is 11.2 Å². The number of carbonyl (C=O) groups excluding carboxylic acids is 1. The standard InChI is InChI=1S/C16H16N2O2S/c1-3-20-15(19)14-11(2)18-10-13(17-16(18)21-14)9-12-7-5-4-6-8-12/h4-8,10H,3,9H2,1-2H3. The van der Waals surface area contributed by atoms with Gasteiger partial charge in [0.15, 0.2) is 4.96 Å². The van der Waals surface area contributed by atoms with Crippen molar-refractivity contribution in [3.63, 3.8) is 0 Å². The number of thiazole rings is 1. The summed E-state index contributed by atoms with van der Waals surface area (Å²) in [6.45, 7) is 4.12. The molecule has 1 aromatic carbocycles. The van der Waals surface area contributed by atoms with Crippen LogP contribution in [0.3, 0.4) is 0 Å². The molecule has 0 spiro atoms. The van der Waals surface area contributed by atoms with Crippen molar-refractivity contribution in [1.82, 2.24) is 9.38 Å². The van der Waals surface area contributed by atoms with E-state index in [0.717, 1.165) is 22.8 Å². The number of hydrogen-bond acceptors (Lipinski definition) is 4. The summed E-state index contributed by atoms with van der Waals surface area (Å²) in [6, 6.07) is 10.2. The number of aryl methyl sites for hydroxylation is 1. The second kappa shape index (κ2) is 5.69. The van der Waals surface area contributed by atoms with Gasteiger partial charge < -0.3 is 4.74 Å². The van der Waals surface area contributed by atoms with Gasteiger partial charge in [-0.05, 0) is 19.4 Å². The molecule has 0 aliphatic rings. The first-order valence-corrected chi connectivity index (χ1v) is 7.69. The number of nitrogens with zero attached hydrogens (tertiary/aromatic N) is 2. The van der Waals surface area contributed by atoms with Crippen molar-refractivity contribution < 1.29 is 9.53 Å². The van der Waals surface area contributed by atoms with E-state index in [1.54, 1.807) is 0 Å². The fourth-order valence-corrected chi connectivity index (χ4v) is 3.29. The predicted octanol–water partition coefficient (Wildman–Crippen LogP) is 3.47. The Kier molecular flexibility index (Phi) is 3.75. The molecule has 0 amide bonds. The van der Waals surface area contributed by atoms with Gasteiger partial charge in [-0.2, -0.15) is 0 Å². The predicted molar refractivity (Wildman–Crippen MR) is 83.0 cm³/mol. The molecule has 0 radical (unpaired) electrons. The molecule has 108 valence electrons. The van der Waals surface area contributed by atoms with Crippen LogP contribution >= 0.6 is 11.3 Å². The molecule has 21 heavy (non-hydrogen) atoms. The largest absolute Gasteiger partial charge is 0.462 e. The Morgan fingerprint density at radius 3 is 2.76 bits per heavy atom. The third-order valence-corrected chi connectivity index (χ3v) is 4.43. The number of hydrogen-bond donors (Lipinski definition) is 0. The molecule has 0 saturated heterocycles. The van der Waals surface area contributed by atoms with Crippen LogP contribution in [0.2, 0.25) is 0 Å². The van der Waals surface area contributed by atoms with E-state index < -0.39 is 0 Å². The maximum absolute atomic E-state index is 11.9. The van der Waals surface area contributed by atoms with Gasteiger partial charge in [-0.15, -0.1) is 0 Å². The molecule has 5 heteroatoms. The summed E-state index contributed by atoms with van der Waals surface area (Å²) < 4.78 is 7.03. The van der Waals surface area contributed by atoms with Crippen molar-refractivity contribution in [2.45, 2.75) is 20.3 Å². The SMILES string of the molecule is CCOC(=O)c1sc2nc(Cc3ccccc3)cn2c1C. The van der Waals surface area contributed by atoms with Gasteiger partial charge in [-0.25, -0.2) is 9.78 Å². The third-order valence-electron chi connectivity index (χ3n) is 3.30. The minimum absolute atomic E-state index is 0.268. The number of esters is 1. The first-order valence-electron chi connectivity index (χ1n) is 6.87. The smallest absolute Gasteiger partial charge is 0.350 e. The van der Waals surface area contributed by atoms with Crippen LogP contribution in [0.25, 0.3) is 4.96 Å². The highest BCUT2D eigenvalue weighted by Gasteiger charge is 2.18. The quantitative estimate of drug-likeness (QED) is 0.693. The molecule has 0 aliphatic carbocycles. The zero-order chi connectivity index (χ0) is 14.8. The summed E-state index contributed by atoms with van der Waals surface area (Å²) in [7, 11) is 0. The summed E-state index contributed by atoms with van der Waals surface area (Å²) in [5.74, 6) is -0.268. The Bertz CT molecular complexity index is 774. The van der Waals surface area contributed by atoms with Crippen molar-refractivity contribution in [2.24, 2.45) is 0 Å². The van der Waals surface area contributed by atoms with Crippen LogP contribution in [0.5, 0.6) is 0 Å². The van der Waals surface area contributed by atoms with Crippen LogP contribution in [0.15, 0.2) is 36.5 Å². The lowest BCUT2D eigenvalue weighted by Crippen LogP contribution is -2.04. The van der Waals surface area contributed by atoms with Crippen molar-refractivity contribution in [1.29, 1.82) is 0 Å². The number of rotatable bonds is 4. The number of fused-ring (bicyclic) bond motifs is 1. The van der Waals surface area contributed by atoms with Gasteiger partial charge in [0.05, 0.1) is 12.3 Å². The van der Waals surface area contributed by atoms with Crippen molar-refractivity contribution >= 4 is 22.3 Å². The zero-order valence-corrected chi connectivity index (χ0v) is 12.8. The van der Waals surface area contributed by atoms with Crippen molar-refractivity contribution in [3.8, 4) is 0 Å². The van der Waals surface area contributed by atoms with Crippen LogP contribution < -0.4 is 0 Å². The van der Waals surface area contributed by atoms with Crippen LogP contribution in [0, 0.1) is 6.92 Å². The van der Waals surface area contributed by atoms with E-state index >= 15 is 0 Å². The molecule has 4 nitrogen and oxygen atoms in total. The lowest BCUT2D eigenvalue weighted by molar-refractivity contribution is 0.0531. The molecule has 0 atom stereocenters. The average molecular weight is 300 g/mol. The lowest BCUT2D eigenvalue weighted by atomic mass is 10.1. The second-order valence-corrected chi connectivity index (χ2v) is 5.76. The summed E-state index contributed by atoms with van der Waals surface area (Å²) in [4.78, 5) is 17.9. The van der Waals surface area contributed by atoms with Gasteiger partial charge >= 0.3 is 5.97 Å². The Labute approximate surface area is 127 Å². The monoisotopic (exact) mass is 300 g/mol. The molecule has 0 bridgehead atoms. The number of benzene rings is 1. The first-order chi connectivity index (χ1) is 10.2. The maximum atomic E-state index is 11.9.